The van der Waals surface area contributed by atoms with Gasteiger partial charge in [0.2, 0.25) is 5.95 Å². The molecule has 0 saturated carbocycles. The Kier molecular flexibility index (Phi) is 10.6. The number of aromatic amines is 1. The molecule has 0 radical (unpaired) electrons. The van der Waals surface area contributed by atoms with Gasteiger partial charge in [-0.2, -0.15) is 0 Å². The number of amides is 2. The second kappa shape index (κ2) is 14.1. The molecule has 214 valence electrons. The average molecular weight is 560 g/mol. The Labute approximate surface area is 228 Å². The molecule has 2 aromatic carbocycles. The predicted octanol–water partition coefficient (Wildman–Crippen LogP) is 2.86. The van der Waals surface area contributed by atoms with E-state index in [1.54, 1.807) is 24.1 Å². The summed E-state index contributed by atoms with van der Waals surface area (Å²) in [6.45, 7) is 3.53. The van der Waals surface area contributed by atoms with Gasteiger partial charge in [-0.25, -0.2) is 22.9 Å². The monoisotopic (exact) mass is 559 g/mol. The third-order valence-electron chi connectivity index (χ3n) is 6.02. The summed E-state index contributed by atoms with van der Waals surface area (Å²) in [4.78, 5) is 35.2. The summed E-state index contributed by atoms with van der Waals surface area (Å²) >= 11 is 0. The molecule has 1 aromatic heterocycles. The fourth-order valence-corrected chi connectivity index (χ4v) is 3.83. The first-order valence-electron chi connectivity index (χ1n) is 12.5. The Morgan fingerprint density at radius 3 is 2.35 bits per heavy atom. The van der Waals surface area contributed by atoms with Crippen LogP contribution in [0.4, 0.5) is 29.6 Å². The molecule has 11 nitrogen and oxygen atoms in total. The number of nitrogens with two attached hydrogens (primary N) is 2. The first-order chi connectivity index (χ1) is 19.1. The van der Waals surface area contributed by atoms with Crippen molar-refractivity contribution in [2.75, 3.05) is 43.9 Å². The minimum Gasteiger partial charge on any atom is -0.370 e. The highest BCUT2D eigenvalue weighted by Crippen LogP contribution is 2.19. The molecule has 0 atom stereocenters. The smallest absolute Gasteiger partial charge is 0.326 e. The van der Waals surface area contributed by atoms with Gasteiger partial charge in [-0.15, -0.1) is 0 Å². The van der Waals surface area contributed by atoms with E-state index in [0.29, 0.717) is 37.3 Å². The molecule has 0 saturated heterocycles. The van der Waals surface area contributed by atoms with Crippen molar-refractivity contribution in [1.82, 2.24) is 19.8 Å². The Morgan fingerprint density at radius 1 is 1.02 bits per heavy atom. The summed E-state index contributed by atoms with van der Waals surface area (Å²) in [5.41, 5.74) is 12.0. The van der Waals surface area contributed by atoms with E-state index in [2.05, 4.69) is 20.2 Å². The third kappa shape index (κ3) is 8.54. The number of hydrogen-bond donors (Lipinski definition) is 6. The largest absolute Gasteiger partial charge is 0.370 e. The molecule has 0 unspecified atom stereocenters. The number of H-pyrrole nitrogens is 1. The van der Waals surface area contributed by atoms with Gasteiger partial charge in [0.1, 0.15) is 5.82 Å². The molecule has 0 aliphatic heterocycles. The molecule has 0 aliphatic rings. The molecule has 40 heavy (non-hydrogen) atoms. The number of guanidine groups is 1. The summed E-state index contributed by atoms with van der Waals surface area (Å²) in [6, 6.07) is 7.17. The number of benzene rings is 2. The van der Waals surface area contributed by atoms with E-state index < -0.39 is 34.7 Å². The highest BCUT2D eigenvalue weighted by atomic mass is 19.2. The highest BCUT2D eigenvalue weighted by Gasteiger charge is 2.14. The fraction of sp³-hybridized carbons (Fsp3) is 0.308. The molecule has 14 heteroatoms. The standard InChI is InChI=1S/C26H32F3N9O2/c1-37(24(31)32)9-3-11-38(10-2-8-30)15-16-4-6-17(7-5-16)18-14-33-25(35-23(18)39)36-26(40)34-22-13-20(28)19(27)12-21(22)29/h4-7,12-14H,2-3,8-11,15,30H2,1H3,(H3,31,32)(H3,33,34,35,36,39,40). The molecular weight excluding hydrogens is 527 g/mol. The Bertz CT molecular complexity index is 1380. The summed E-state index contributed by atoms with van der Waals surface area (Å²) in [5.74, 6) is -4.09. The fourth-order valence-electron chi connectivity index (χ4n) is 3.83. The maximum Gasteiger partial charge on any atom is 0.326 e. The van der Waals surface area contributed by atoms with E-state index in [1.165, 1.54) is 6.20 Å². The molecule has 0 spiro atoms. The molecule has 0 bridgehead atoms. The van der Waals surface area contributed by atoms with Crippen molar-refractivity contribution < 1.29 is 18.0 Å². The lowest BCUT2D eigenvalue weighted by atomic mass is 10.1. The number of anilines is 2. The number of halogens is 3. The van der Waals surface area contributed by atoms with Gasteiger partial charge in [0, 0.05) is 45.0 Å². The zero-order valence-electron chi connectivity index (χ0n) is 21.9. The van der Waals surface area contributed by atoms with Crippen LogP contribution in [-0.4, -0.2) is 65.0 Å². The van der Waals surface area contributed by atoms with Crippen molar-refractivity contribution in [3.05, 3.63) is 76.0 Å². The first kappa shape index (κ1) is 30.1. The number of aromatic nitrogens is 2. The van der Waals surface area contributed by atoms with Crippen LogP contribution < -0.4 is 27.7 Å². The van der Waals surface area contributed by atoms with Crippen LogP contribution in [0.5, 0.6) is 0 Å². The van der Waals surface area contributed by atoms with Gasteiger partial charge >= 0.3 is 6.03 Å². The van der Waals surface area contributed by atoms with Crippen LogP contribution in [0.3, 0.4) is 0 Å². The van der Waals surface area contributed by atoms with Crippen LogP contribution >= 0.6 is 0 Å². The molecule has 2 amide bonds. The SMILES string of the molecule is CN(CCCN(CCCN)Cc1ccc(-c2cnc(NC(=O)Nc3cc(F)c(F)cc3F)[nH]c2=O)cc1)C(=N)N. The number of rotatable bonds is 12. The van der Waals surface area contributed by atoms with Crippen molar-refractivity contribution in [1.29, 1.82) is 5.41 Å². The number of urea groups is 1. The Balaban J connectivity index is 1.62. The van der Waals surface area contributed by atoms with Crippen molar-refractivity contribution in [2.45, 2.75) is 19.4 Å². The molecule has 8 N–H and O–H groups in total. The Morgan fingerprint density at radius 2 is 1.70 bits per heavy atom. The van der Waals surface area contributed by atoms with Crippen molar-refractivity contribution >= 4 is 23.6 Å². The maximum atomic E-state index is 13.8. The maximum absolute atomic E-state index is 13.8. The van der Waals surface area contributed by atoms with Crippen LogP contribution in [-0.2, 0) is 6.54 Å². The van der Waals surface area contributed by atoms with E-state index in [9.17, 15) is 22.8 Å². The lowest BCUT2D eigenvalue weighted by Crippen LogP contribution is -2.35. The van der Waals surface area contributed by atoms with Crippen molar-refractivity contribution in [3.8, 4) is 11.1 Å². The zero-order chi connectivity index (χ0) is 29.2. The second-order valence-corrected chi connectivity index (χ2v) is 9.08. The summed E-state index contributed by atoms with van der Waals surface area (Å²) in [6.07, 6.45) is 2.95. The number of carbonyl (C=O) groups is 1. The summed E-state index contributed by atoms with van der Waals surface area (Å²) < 4.78 is 40.2. The molecule has 0 aliphatic carbocycles. The topological polar surface area (TPSA) is 169 Å². The van der Waals surface area contributed by atoms with E-state index in [0.717, 1.165) is 31.5 Å². The van der Waals surface area contributed by atoms with Gasteiger partial charge in [-0.1, -0.05) is 24.3 Å². The third-order valence-corrected chi connectivity index (χ3v) is 6.02. The van der Waals surface area contributed by atoms with Crippen LogP contribution in [0, 0.1) is 22.9 Å². The van der Waals surface area contributed by atoms with Crippen molar-refractivity contribution in [2.24, 2.45) is 11.5 Å². The van der Waals surface area contributed by atoms with Gasteiger partial charge in [0.05, 0.1) is 11.3 Å². The number of nitrogens with one attached hydrogen (secondary N) is 4. The zero-order valence-corrected chi connectivity index (χ0v) is 21.9. The van der Waals surface area contributed by atoms with E-state index >= 15 is 0 Å². The van der Waals surface area contributed by atoms with Gasteiger partial charge in [0.15, 0.2) is 17.6 Å². The van der Waals surface area contributed by atoms with E-state index in [4.69, 9.17) is 16.9 Å². The quantitative estimate of drug-likeness (QED) is 0.113. The molecular formula is C26H32F3N9O2. The molecule has 0 fully saturated rings. The second-order valence-electron chi connectivity index (χ2n) is 9.08. The number of hydrogen-bond acceptors (Lipinski definition) is 6. The van der Waals surface area contributed by atoms with Crippen LogP contribution in [0.15, 0.2) is 47.4 Å². The van der Waals surface area contributed by atoms with Gasteiger partial charge in [-0.3, -0.25) is 25.4 Å². The van der Waals surface area contributed by atoms with Crippen molar-refractivity contribution in [3.63, 3.8) is 0 Å². The molecule has 1 heterocycles. The number of carbonyl (C=O) groups excluding carboxylic acids is 1. The van der Waals surface area contributed by atoms with E-state index in [-0.39, 0.29) is 17.5 Å². The first-order valence-corrected chi connectivity index (χ1v) is 12.5. The van der Waals surface area contributed by atoms with Gasteiger partial charge in [0.25, 0.3) is 5.56 Å². The summed E-state index contributed by atoms with van der Waals surface area (Å²) in [5, 5.41) is 11.7. The number of nitrogens with zero attached hydrogens (tertiary/aromatic N) is 3. The van der Waals surface area contributed by atoms with Crippen LogP contribution in [0.25, 0.3) is 11.1 Å². The van der Waals surface area contributed by atoms with E-state index in [1.807, 2.05) is 17.4 Å². The predicted molar refractivity (Wildman–Crippen MR) is 147 cm³/mol. The Hall–Kier alpha value is -4.43. The van der Waals surface area contributed by atoms with Gasteiger partial charge < -0.3 is 21.7 Å². The minimum atomic E-state index is -1.39. The molecule has 3 rings (SSSR count). The van der Waals surface area contributed by atoms with Gasteiger partial charge in [-0.05, 0) is 37.1 Å². The van der Waals surface area contributed by atoms with Crippen LogP contribution in [0.1, 0.15) is 18.4 Å². The van der Waals surface area contributed by atoms with Crippen LogP contribution in [0.2, 0.25) is 0 Å². The normalized spacial score (nSPS) is 10.9. The lowest BCUT2D eigenvalue weighted by Gasteiger charge is -2.24. The highest BCUT2D eigenvalue weighted by molar-refractivity contribution is 5.98. The molecule has 3 aromatic rings. The lowest BCUT2D eigenvalue weighted by molar-refractivity contribution is 0.252. The minimum absolute atomic E-state index is 0.0257. The summed E-state index contributed by atoms with van der Waals surface area (Å²) in [7, 11) is 1.77. The average Bonchev–Trinajstić information content (AvgIpc) is 2.90.